The predicted molar refractivity (Wildman–Crippen MR) is 91.0 cm³/mol. The smallest absolute Gasteiger partial charge is 0.00178 e. The van der Waals surface area contributed by atoms with Gasteiger partial charge in [-0.05, 0) is 61.9 Å². The van der Waals surface area contributed by atoms with Gasteiger partial charge < -0.3 is 5.32 Å². The first-order valence-electron chi connectivity index (χ1n) is 9.31. The van der Waals surface area contributed by atoms with E-state index in [0.717, 1.165) is 29.6 Å². The van der Waals surface area contributed by atoms with Crippen LogP contribution in [0.5, 0.6) is 0 Å². The average molecular weight is 282 g/mol. The number of rotatable bonds is 9. The summed E-state index contributed by atoms with van der Waals surface area (Å²) in [4.78, 5) is 0. The molecule has 0 aromatic rings. The van der Waals surface area contributed by atoms with Crippen LogP contribution in [0, 0.1) is 29.6 Å². The molecule has 20 heavy (non-hydrogen) atoms. The van der Waals surface area contributed by atoms with E-state index in [1.165, 1.54) is 58.0 Å². The maximum atomic E-state index is 3.73. The third-order valence-corrected chi connectivity index (χ3v) is 5.58. The van der Waals surface area contributed by atoms with E-state index in [9.17, 15) is 0 Å². The normalized spacial score (nSPS) is 27.4. The van der Waals surface area contributed by atoms with E-state index in [4.69, 9.17) is 0 Å². The Morgan fingerprint density at radius 1 is 1.00 bits per heavy atom. The third kappa shape index (κ3) is 6.16. The zero-order valence-electron chi connectivity index (χ0n) is 14.8. The molecule has 1 N–H and O–H groups in total. The first-order valence-corrected chi connectivity index (χ1v) is 9.31. The third-order valence-electron chi connectivity index (χ3n) is 5.58. The van der Waals surface area contributed by atoms with Crippen molar-refractivity contribution in [1.82, 2.24) is 5.32 Å². The fraction of sp³-hybridized carbons (Fsp3) is 1.00. The van der Waals surface area contributed by atoms with Crippen LogP contribution >= 0.6 is 0 Å². The van der Waals surface area contributed by atoms with Crippen molar-refractivity contribution in [3.05, 3.63) is 0 Å². The number of hydrogen-bond acceptors (Lipinski definition) is 1. The van der Waals surface area contributed by atoms with Crippen molar-refractivity contribution in [2.45, 2.75) is 79.6 Å². The molecular weight excluding hydrogens is 242 g/mol. The maximum absolute atomic E-state index is 3.73. The van der Waals surface area contributed by atoms with Gasteiger partial charge in [-0.25, -0.2) is 0 Å². The van der Waals surface area contributed by atoms with Gasteiger partial charge in [0.1, 0.15) is 0 Å². The lowest BCUT2D eigenvalue weighted by molar-refractivity contribution is 0.141. The van der Waals surface area contributed by atoms with Gasteiger partial charge in [0.05, 0.1) is 0 Å². The molecule has 0 radical (unpaired) electrons. The van der Waals surface area contributed by atoms with Gasteiger partial charge in [-0.3, -0.25) is 0 Å². The van der Waals surface area contributed by atoms with Gasteiger partial charge in [0.25, 0.3) is 0 Å². The van der Waals surface area contributed by atoms with Crippen molar-refractivity contribution in [3.63, 3.8) is 0 Å². The minimum Gasteiger partial charge on any atom is -0.316 e. The van der Waals surface area contributed by atoms with E-state index < -0.39 is 0 Å². The van der Waals surface area contributed by atoms with Gasteiger partial charge in [-0.15, -0.1) is 0 Å². The van der Waals surface area contributed by atoms with Crippen LogP contribution in [0.3, 0.4) is 0 Å². The van der Waals surface area contributed by atoms with Gasteiger partial charge in [-0.1, -0.05) is 60.3 Å². The van der Waals surface area contributed by atoms with Crippen LogP contribution in [0.15, 0.2) is 0 Å². The highest BCUT2D eigenvalue weighted by atomic mass is 14.9. The summed E-state index contributed by atoms with van der Waals surface area (Å²) in [6.45, 7) is 14.2. The van der Waals surface area contributed by atoms with E-state index >= 15 is 0 Å². The van der Waals surface area contributed by atoms with Gasteiger partial charge in [0, 0.05) is 0 Å². The predicted octanol–water partition coefficient (Wildman–Crippen LogP) is 5.50. The molecule has 1 aliphatic rings. The average Bonchev–Trinajstić information content (AvgIpc) is 2.45. The number of nitrogens with one attached hydrogen (secondary N) is 1. The summed E-state index contributed by atoms with van der Waals surface area (Å²) in [7, 11) is 0. The topological polar surface area (TPSA) is 12.0 Å². The zero-order chi connectivity index (χ0) is 15.0. The lowest BCUT2D eigenvalue weighted by Crippen LogP contribution is -2.35. The Kier molecular flexibility index (Phi) is 8.84. The van der Waals surface area contributed by atoms with Crippen molar-refractivity contribution < 1.29 is 0 Å². The Morgan fingerprint density at radius 2 is 1.70 bits per heavy atom. The Balaban J connectivity index is 2.50. The summed E-state index contributed by atoms with van der Waals surface area (Å²) < 4.78 is 0. The van der Waals surface area contributed by atoms with Crippen molar-refractivity contribution in [2.24, 2.45) is 29.6 Å². The molecule has 1 saturated carbocycles. The van der Waals surface area contributed by atoms with E-state index in [1.807, 2.05) is 0 Å². The SMILES string of the molecule is CCC(CC)CC1CC(CC)CCC1CNCC(C)C. The van der Waals surface area contributed by atoms with Crippen molar-refractivity contribution in [2.75, 3.05) is 13.1 Å². The Bertz CT molecular complexity index is 232. The molecule has 0 saturated heterocycles. The second kappa shape index (κ2) is 9.82. The van der Waals surface area contributed by atoms with Crippen LogP contribution in [-0.2, 0) is 0 Å². The molecular formula is C19H39N. The first-order chi connectivity index (χ1) is 9.60. The van der Waals surface area contributed by atoms with Crippen molar-refractivity contribution in [1.29, 1.82) is 0 Å². The minimum atomic E-state index is 0.777. The first kappa shape index (κ1) is 18.0. The molecule has 1 aliphatic carbocycles. The van der Waals surface area contributed by atoms with Crippen LogP contribution in [0.25, 0.3) is 0 Å². The summed E-state index contributed by atoms with van der Waals surface area (Å²) in [5.41, 5.74) is 0. The van der Waals surface area contributed by atoms with E-state index in [2.05, 4.69) is 39.9 Å². The molecule has 0 aromatic carbocycles. The molecule has 3 unspecified atom stereocenters. The standard InChI is InChI=1S/C19H39N/c1-6-16(7-2)11-19-12-17(8-3)9-10-18(19)14-20-13-15(4)5/h15-20H,6-14H2,1-5H3. The summed E-state index contributed by atoms with van der Waals surface area (Å²) in [5.74, 6) is 4.67. The van der Waals surface area contributed by atoms with Crippen LogP contribution in [-0.4, -0.2) is 13.1 Å². The lowest BCUT2D eigenvalue weighted by Gasteiger charge is -2.38. The zero-order valence-corrected chi connectivity index (χ0v) is 14.8. The lowest BCUT2D eigenvalue weighted by atomic mass is 9.69. The molecule has 1 rings (SSSR count). The van der Waals surface area contributed by atoms with E-state index in [1.54, 1.807) is 0 Å². The maximum Gasteiger partial charge on any atom is -0.00178 e. The highest BCUT2D eigenvalue weighted by molar-refractivity contribution is 4.82. The fourth-order valence-corrected chi connectivity index (χ4v) is 3.96. The molecule has 1 fully saturated rings. The highest BCUT2D eigenvalue weighted by Crippen LogP contribution is 2.39. The number of hydrogen-bond donors (Lipinski definition) is 1. The largest absolute Gasteiger partial charge is 0.316 e. The van der Waals surface area contributed by atoms with E-state index in [0.29, 0.717) is 0 Å². The van der Waals surface area contributed by atoms with Crippen molar-refractivity contribution in [3.8, 4) is 0 Å². The molecule has 120 valence electrons. The molecule has 0 spiro atoms. The molecule has 0 aliphatic heterocycles. The molecule has 1 heteroatoms. The fourth-order valence-electron chi connectivity index (χ4n) is 3.96. The minimum absolute atomic E-state index is 0.777. The van der Waals surface area contributed by atoms with Crippen LogP contribution in [0.2, 0.25) is 0 Å². The Hall–Kier alpha value is -0.0400. The van der Waals surface area contributed by atoms with Gasteiger partial charge in [0.2, 0.25) is 0 Å². The van der Waals surface area contributed by atoms with Crippen LogP contribution in [0.4, 0.5) is 0 Å². The summed E-state index contributed by atoms with van der Waals surface area (Å²) in [5, 5.41) is 3.73. The Morgan fingerprint density at radius 3 is 2.25 bits per heavy atom. The summed E-state index contributed by atoms with van der Waals surface area (Å²) in [6.07, 6.45) is 10.1. The van der Waals surface area contributed by atoms with Gasteiger partial charge >= 0.3 is 0 Å². The summed E-state index contributed by atoms with van der Waals surface area (Å²) >= 11 is 0. The van der Waals surface area contributed by atoms with Gasteiger partial charge in [-0.2, -0.15) is 0 Å². The molecule has 0 aromatic heterocycles. The molecule has 0 heterocycles. The monoisotopic (exact) mass is 281 g/mol. The second-order valence-corrected chi connectivity index (χ2v) is 7.58. The van der Waals surface area contributed by atoms with Crippen LogP contribution < -0.4 is 5.32 Å². The molecule has 1 nitrogen and oxygen atoms in total. The second-order valence-electron chi connectivity index (χ2n) is 7.58. The van der Waals surface area contributed by atoms with E-state index in [-0.39, 0.29) is 0 Å². The quantitative estimate of drug-likeness (QED) is 0.588. The Labute approximate surface area is 128 Å². The van der Waals surface area contributed by atoms with Crippen molar-refractivity contribution >= 4 is 0 Å². The molecule has 0 amide bonds. The van der Waals surface area contributed by atoms with Crippen LogP contribution in [0.1, 0.15) is 79.6 Å². The van der Waals surface area contributed by atoms with Gasteiger partial charge in [0.15, 0.2) is 0 Å². The molecule has 0 bridgehead atoms. The summed E-state index contributed by atoms with van der Waals surface area (Å²) in [6, 6.07) is 0. The highest BCUT2D eigenvalue weighted by Gasteiger charge is 2.30. The molecule has 3 atom stereocenters.